The fourth-order valence-electron chi connectivity index (χ4n) is 1.95. The first kappa shape index (κ1) is 11.0. The average molecular weight is 226 g/mol. The molecule has 0 aliphatic heterocycles. The van der Waals surface area contributed by atoms with E-state index in [1.54, 1.807) is 0 Å². The predicted molar refractivity (Wildman–Crippen MR) is 54.4 cm³/mol. The summed E-state index contributed by atoms with van der Waals surface area (Å²) in [6.07, 6.45) is -0.149. The van der Waals surface area contributed by atoms with Gasteiger partial charge in [0.2, 0.25) is 0 Å². The number of halogens is 2. The van der Waals surface area contributed by atoms with Crippen molar-refractivity contribution in [2.75, 3.05) is 0 Å². The summed E-state index contributed by atoms with van der Waals surface area (Å²) in [5, 5.41) is 8.84. The summed E-state index contributed by atoms with van der Waals surface area (Å²) in [6, 6.07) is 9.09. The molecule has 0 spiro atoms. The lowest BCUT2D eigenvalue weighted by Gasteiger charge is -2.10. The van der Waals surface area contributed by atoms with Crippen molar-refractivity contribution in [3.63, 3.8) is 0 Å². The molecule has 86 valence electrons. The van der Waals surface area contributed by atoms with Gasteiger partial charge < -0.3 is 5.11 Å². The lowest BCUT2D eigenvalue weighted by molar-refractivity contribution is -0.147. The van der Waals surface area contributed by atoms with E-state index < -0.39 is 23.7 Å². The third-order valence-corrected chi connectivity index (χ3v) is 3.19. The molecular formula is C12H12F2O2. The van der Waals surface area contributed by atoms with Crippen LogP contribution in [0, 0.1) is 5.41 Å². The number of carboxylic acid groups (broad SMARTS) is 1. The van der Waals surface area contributed by atoms with Gasteiger partial charge in [-0.2, -0.15) is 0 Å². The number of carboxylic acids is 1. The van der Waals surface area contributed by atoms with Crippen LogP contribution in [-0.4, -0.2) is 17.0 Å². The van der Waals surface area contributed by atoms with Crippen LogP contribution >= 0.6 is 0 Å². The maximum Gasteiger partial charge on any atom is 0.316 e. The normalized spacial score (nSPS) is 26.4. The fraction of sp³-hybridized carbons (Fsp3) is 0.417. The van der Waals surface area contributed by atoms with Crippen molar-refractivity contribution in [1.82, 2.24) is 0 Å². The number of alkyl halides is 2. The highest BCUT2D eigenvalue weighted by molar-refractivity contribution is 5.80. The number of carbonyl (C=O) groups is 1. The molecule has 1 N–H and O–H groups in total. The Morgan fingerprint density at radius 2 is 1.88 bits per heavy atom. The maximum atomic E-state index is 13.0. The molecule has 16 heavy (non-hydrogen) atoms. The third-order valence-electron chi connectivity index (χ3n) is 3.19. The number of aryl methyl sites for hydroxylation is 1. The third kappa shape index (κ3) is 1.68. The molecule has 1 atom stereocenters. The lowest BCUT2D eigenvalue weighted by atomic mass is 9.96. The van der Waals surface area contributed by atoms with Gasteiger partial charge in [0.1, 0.15) is 5.41 Å². The summed E-state index contributed by atoms with van der Waals surface area (Å²) in [7, 11) is 0. The smallest absolute Gasteiger partial charge is 0.316 e. The molecule has 1 aliphatic rings. The first-order valence-corrected chi connectivity index (χ1v) is 5.13. The second kappa shape index (κ2) is 3.54. The van der Waals surface area contributed by atoms with Crippen LogP contribution in [0.4, 0.5) is 8.78 Å². The summed E-state index contributed by atoms with van der Waals surface area (Å²) in [4.78, 5) is 10.8. The summed E-state index contributed by atoms with van der Waals surface area (Å²) in [6.45, 7) is 0. The molecule has 0 aromatic heterocycles. The topological polar surface area (TPSA) is 37.3 Å². The van der Waals surface area contributed by atoms with Gasteiger partial charge in [0, 0.05) is 6.42 Å². The van der Waals surface area contributed by atoms with Gasteiger partial charge in [-0.15, -0.1) is 0 Å². The van der Waals surface area contributed by atoms with Crippen molar-refractivity contribution < 1.29 is 18.7 Å². The van der Waals surface area contributed by atoms with Crippen molar-refractivity contribution in [2.24, 2.45) is 5.41 Å². The zero-order valence-corrected chi connectivity index (χ0v) is 8.62. The monoisotopic (exact) mass is 226 g/mol. The average Bonchev–Trinajstić information content (AvgIpc) is 2.81. The van der Waals surface area contributed by atoms with Crippen molar-refractivity contribution in [2.45, 2.75) is 25.2 Å². The molecule has 0 unspecified atom stereocenters. The number of aliphatic carboxylic acids is 1. The van der Waals surface area contributed by atoms with Gasteiger partial charge in [-0.1, -0.05) is 30.3 Å². The first-order valence-electron chi connectivity index (χ1n) is 5.13. The second-order valence-corrected chi connectivity index (χ2v) is 4.25. The Morgan fingerprint density at radius 3 is 2.31 bits per heavy atom. The quantitative estimate of drug-likeness (QED) is 0.857. The Bertz CT molecular complexity index is 403. The Hall–Kier alpha value is -1.45. The zero-order chi connectivity index (χ0) is 11.8. The molecule has 1 aromatic carbocycles. The van der Waals surface area contributed by atoms with E-state index in [0.717, 1.165) is 5.56 Å². The summed E-state index contributed by atoms with van der Waals surface area (Å²) in [5.41, 5.74) is -0.922. The molecule has 2 rings (SSSR count). The number of hydrogen-bond acceptors (Lipinski definition) is 1. The Morgan fingerprint density at radius 1 is 1.31 bits per heavy atom. The van der Waals surface area contributed by atoms with E-state index in [4.69, 9.17) is 5.11 Å². The molecule has 1 saturated carbocycles. The minimum atomic E-state index is -3.03. The van der Waals surface area contributed by atoms with E-state index in [2.05, 4.69) is 0 Å². The summed E-state index contributed by atoms with van der Waals surface area (Å²) < 4.78 is 26.0. The van der Waals surface area contributed by atoms with Crippen LogP contribution < -0.4 is 0 Å². The van der Waals surface area contributed by atoms with E-state index in [9.17, 15) is 13.6 Å². The summed E-state index contributed by atoms with van der Waals surface area (Å²) >= 11 is 0. The van der Waals surface area contributed by atoms with E-state index in [-0.39, 0.29) is 6.42 Å². The highest BCUT2D eigenvalue weighted by Gasteiger charge is 2.75. The van der Waals surface area contributed by atoms with Gasteiger partial charge >= 0.3 is 5.97 Å². The molecule has 1 aliphatic carbocycles. The van der Waals surface area contributed by atoms with E-state index in [1.165, 1.54) is 0 Å². The zero-order valence-electron chi connectivity index (χ0n) is 8.62. The van der Waals surface area contributed by atoms with Crippen molar-refractivity contribution in [3.8, 4) is 0 Å². The number of rotatable bonds is 4. The van der Waals surface area contributed by atoms with E-state index >= 15 is 0 Å². The Balaban J connectivity index is 2.03. The molecule has 0 saturated heterocycles. The Labute approximate surface area is 91.9 Å². The van der Waals surface area contributed by atoms with Crippen molar-refractivity contribution in [1.29, 1.82) is 0 Å². The van der Waals surface area contributed by atoms with Crippen LogP contribution in [0.2, 0.25) is 0 Å². The minimum absolute atomic E-state index is 0.000648. The van der Waals surface area contributed by atoms with Gasteiger partial charge in [0.25, 0.3) is 5.92 Å². The van der Waals surface area contributed by atoms with Gasteiger partial charge in [-0.05, 0) is 18.4 Å². The molecule has 0 amide bonds. The standard InChI is InChI=1S/C12H12F2O2/c13-12(14)8-11(12,10(15)16)7-6-9-4-2-1-3-5-9/h1-5H,6-8H2,(H,15,16)/t11-/m0/s1. The molecule has 1 fully saturated rings. The maximum absolute atomic E-state index is 13.0. The van der Waals surface area contributed by atoms with Gasteiger partial charge in [-0.3, -0.25) is 4.79 Å². The molecule has 0 heterocycles. The van der Waals surface area contributed by atoms with Crippen LogP contribution in [-0.2, 0) is 11.2 Å². The van der Waals surface area contributed by atoms with Crippen LogP contribution in [0.15, 0.2) is 30.3 Å². The molecule has 4 heteroatoms. The largest absolute Gasteiger partial charge is 0.481 e. The first-order chi connectivity index (χ1) is 7.48. The van der Waals surface area contributed by atoms with Crippen LogP contribution in [0.25, 0.3) is 0 Å². The molecule has 1 aromatic rings. The number of hydrogen-bond donors (Lipinski definition) is 1. The SMILES string of the molecule is O=C(O)[C@]1(CCc2ccccc2)CC1(F)F. The number of benzene rings is 1. The molecule has 2 nitrogen and oxygen atoms in total. The molecule has 0 radical (unpaired) electrons. The lowest BCUT2D eigenvalue weighted by Crippen LogP contribution is -2.23. The van der Waals surface area contributed by atoms with Crippen LogP contribution in [0.3, 0.4) is 0 Å². The molecule has 0 bridgehead atoms. The highest BCUT2D eigenvalue weighted by Crippen LogP contribution is 2.63. The minimum Gasteiger partial charge on any atom is -0.481 e. The van der Waals surface area contributed by atoms with Crippen LogP contribution in [0.5, 0.6) is 0 Å². The van der Waals surface area contributed by atoms with E-state index in [1.807, 2.05) is 30.3 Å². The Kier molecular flexibility index (Phi) is 2.45. The van der Waals surface area contributed by atoms with Crippen LogP contribution in [0.1, 0.15) is 18.4 Å². The van der Waals surface area contributed by atoms with Gasteiger partial charge in [0.05, 0.1) is 0 Å². The molecular weight excluding hydrogens is 214 g/mol. The fourth-order valence-corrected chi connectivity index (χ4v) is 1.95. The van der Waals surface area contributed by atoms with E-state index in [0.29, 0.717) is 6.42 Å². The highest BCUT2D eigenvalue weighted by atomic mass is 19.3. The van der Waals surface area contributed by atoms with Crippen molar-refractivity contribution in [3.05, 3.63) is 35.9 Å². The second-order valence-electron chi connectivity index (χ2n) is 4.25. The summed E-state index contributed by atoms with van der Waals surface area (Å²) in [5.74, 6) is -4.42. The van der Waals surface area contributed by atoms with Crippen molar-refractivity contribution >= 4 is 5.97 Å². The van der Waals surface area contributed by atoms with Gasteiger partial charge in [0.15, 0.2) is 0 Å². The van der Waals surface area contributed by atoms with Gasteiger partial charge in [-0.25, -0.2) is 8.78 Å². The predicted octanol–water partition coefficient (Wildman–Crippen LogP) is 2.73.